The Balaban J connectivity index is 2.03. The number of hydrogen-bond donors (Lipinski definition) is 2. The van der Waals surface area contributed by atoms with Crippen LogP contribution in [0.15, 0.2) is 6.20 Å². The SMILES string of the molecule is CCOC(=O)C1CCCN(C(=O)c2[nH]ncc2N)C1. The molecule has 1 unspecified atom stereocenters. The van der Waals surface area contributed by atoms with Crippen LogP contribution in [-0.2, 0) is 9.53 Å². The number of aromatic nitrogens is 2. The number of H-pyrrole nitrogens is 1. The Labute approximate surface area is 111 Å². The van der Waals surface area contributed by atoms with E-state index in [9.17, 15) is 9.59 Å². The average molecular weight is 266 g/mol. The number of anilines is 1. The summed E-state index contributed by atoms with van der Waals surface area (Å²) in [6.07, 6.45) is 2.93. The minimum absolute atomic E-state index is 0.219. The molecule has 1 aliphatic heterocycles. The van der Waals surface area contributed by atoms with Crippen LogP contribution in [0.2, 0.25) is 0 Å². The Kier molecular flexibility index (Phi) is 4.03. The first-order valence-electron chi connectivity index (χ1n) is 6.38. The summed E-state index contributed by atoms with van der Waals surface area (Å²) in [5, 5.41) is 6.32. The van der Waals surface area contributed by atoms with Crippen LogP contribution in [0, 0.1) is 5.92 Å². The molecule has 19 heavy (non-hydrogen) atoms. The summed E-state index contributed by atoms with van der Waals surface area (Å²) in [4.78, 5) is 25.6. The first-order valence-corrected chi connectivity index (χ1v) is 6.38. The molecule has 0 bridgehead atoms. The quantitative estimate of drug-likeness (QED) is 0.771. The molecule has 104 valence electrons. The third kappa shape index (κ3) is 2.86. The van der Waals surface area contributed by atoms with Crippen molar-refractivity contribution in [2.45, 2.75) is 19.8 Å². The molecule has 7 nitrogen and oxygen atoms in total. The van der Waals surface area contributed by atoms with Gasteiger partial charge < -0.3 is 15.4 Å². The normalized spacial score (nSPS) is 19.2. The van der Waals surface area contributed by atoms with Crippen LogP contribution in [0.4, 0.5) is 5.69 Å². The smallest absolute Gasteiger partial charge is 0.310 e. The number of nitrogens with one attached hydrogen (secondary N) is 1. The fourth-order valence-electron chi connectivity index (χ4n) is 2.24. The van der Waals surface area contributed by atoms with Gasteiger partial charge in [-0.05, 0) is 19.8 Å². The molecule has 1 saturated heterocycles. The van der Waals surface area contributed by atoms with Crippen molar-refractivity contribution in [3.8, 4) is 0 Å². The highest BCUT2D eigenvalue weighted by molar-refractivity contribution is 5.97. The van der Waals surface area contributed by atoms with Gasteiger partial charge in [-0.3, -0.25) is 14.7 Å². The summed E-state index contributed by atoms with van der Waals surface area (Å²) in [6, 6.07) is 0. The molecule has 1 aromatic rings. The number of esters is 1. The minimum atomic E-state index is -0.248. The number of nitrogens with zero attached hydrogens (tertiary/aromatic N) is 2. The number of nitrogen functional groups attached to an aromatic ring is 1. The summed E-state index contributed by atoms with van der Waals surface area (Å²) in [6.45, 7) is 3.12. The fourth-order valence-corrected chi connectivity index (χ4v) is 2.24. The molecule has 1 aromatic heterocycles. The number of nitrogens with two attached hydrogens (primary N) is 1. The fraction of sp³-hybridized carbons (Fsp3) is 0.583. The molecule has 1 fully saturated rings. The van der Waals surface area contributed by atoms with Crippen LogP contribution in [-0.4, -0.2) is 46.7 Å². The third-order valence-corrected chi connectivity index (χ3v) is 3.21. The third-order valence-electron chi connectivity index (χ3n) is 3.21. The summed E-state index contributed by atoms with van der Waals surface area (Å²) < 4.78 is 5.00. The molecule has 2 heterocycles. The Morgan fingerprint density at radius 2 is 2.42 bits per heavy atom. The van der Waals surface area contributed by atoms with Crippen LogP contribution in [0.25, 0.3) is 0 Å². The van der Waals surface area contributed by atoms with Crippen molar-refractivity contribution in [1.29, 1.82) is 0 Å². The van der Waals surface area contributed by atoms with Gasteiger partial charge in [-0.1, -0.05) is 0 Å². The average Bonchev–Trinajstić information content (AvgIpc) is 2.84. The van der Waals surface area contributed by atoms with Gasteiger partial charge in [-0.2, -0.15) is 5.10 Å². The molecule has 1 aliphatic rings. The Morgan fingerprint density at radius 3 is 3.05 bits per heavy atom. The van der Waals surface area contributed by atoms with Crippen molar-refractivity contribution in [2.75, 3.05) is 25.4 Å². The second kappa shape index (κ2) is 5.73. The zero-order valence-corrected chi connectivity index (χ0v) is 10.9. The van der Waals surface area contributed by atoms with Crippen LogP contribution in [0.1, 0.15) is 30.3 Å². The van der Waals surface area contributed by atoms with Gasteiger partial charge in [0.1, 0.15) is 5.69 Å². The van der Waals surface area contributed by atoms with Crippen molar-refractivity contribution in [3.05, 3.63) is 11.9 Å². The number of carbonyl (C=O) groups excluding carboxylic acids is 2. The van der Waals surface area contributed by atoms with Crippen LogP contribution < -0.4 is 5.73 Å². The maximum absolute atomic E-state index is 12.2. The predicted molar refractivity (Wildman–Crippen MR) is 68.3 cm³/mol. The number of amides is 1. The van der Waals surface area contributed by atoms with Crippen molar-refractivity contribution in [3.63, 3.8) is 0 Å². The molecular weight excluding hydrogens is 248 g/mol. The molecule has 0 saturated carbocycles. The van der Waals surface area contributed by atoms with Gasteiger partial charge in [-0.15, -0.1) is 0 Å². The molecular formula is C12H18N4O3. The molecule has 0 aliphatic carbocycles. The van der Waals surface area contributed by atoms with E-state index in [2.05, 4.69) is 10.2 Å². The number of aromatic amines is 1. The number of piperidine rings is 1. The van der Waals surface area contributed by atoms with E-state index in [4.69, 9.17) is 10.5 Å². The van der Waals surface area contributed by atoms with Gasteiger partial charge >= 0.3 is 5.97 Å². The maximum atomic E-state index is 12.2. The minimum Gasteiger partial charge on any atom is -0.466 e. The summed E-state index contributed by atoms with van der Waals surface area (Å²) in [5.74, 6) is -0.705. The lowest BCUT2D eigenvalue weighted by molar-refractivity contribution is -0.149. The van der Waals surface area contributed by atoms with E-state index in [0.29, 0.717) is 25.4 Å². The summed E-state index contributed by atoms with van der Waals surface area (Å²) >= 11 is 0. The molecule has 1 atom stereocenters. The first-order chi connectivity index (χ1) is 9.13. The summed E-state index contributed by atoms with van der Waals surface area (Å²) in [5.41, 5.74) is 6.26. The first kappa shape index (κ1) is 13.4. The second-order valence-electron chi connectivity index (χ2n) is 4.54. The lowest BCUT2D eigenvalue weighted by atomic mass is 9.98. The highest BCUT2D eigenvalue weighted by atomic mass is 16.5. The molecule has 0 aromatic carbocycles. The molecule has 0 radical (unpaired) electrons. The zero-order chi connectivity index (χ0) is 13.8. The molecule has 2 rings (SSSR count). The van der Waals surface area contributed by atoms with Gasteiger partial charge in [-0.25, -0.2) is 0 Å². The number of hydrogen-bond acceptors (Lipinski definition) is 5. The number of rotatable bonds is 3. The highest BCUT2D eigenvalue weighted by Crippen LogP contribution is 2.20. The van der Waals surface area contributed by atoms with E-state index in [1.807, 2.05) is 0 Å². The largest absolute Gasteiger partial charge is 0.466 e. The van der Waals surface area contributed by atoms with E-state index in [0.717, 1.165) is 12.8 Å². The van der Waals surface area contributed by atoms with Gasteiger partial charge in [0.2, 0.25) is 0 Å². The standard InChI is InChI=1S/C12H18N4O3/c1-2-19-12(18)8-4-3-5-16(7-8)11(17)10-9(13)6-14-15-10/h6,8H,2-5,7,13H2,1H3,(H,14,15). The van der Waals surface area contributed by atoms with E-state index in [1.165, 1.54) is 6.20 Å². The molecule has 1 amide bonds. The second-order valence-corrected chi connectivity index (χ2v) is 4.54. The Hall–Kier alpha value is -2.05. The van der Waals surface area contributed by atoms with Gasteiger partial charge in [0.05, 0.1) is 24.4 Å². The van der Waals surface area contributed by atoms with Crippen LogP contribution in [0.5, 0.6) is 0 Å². The topological polar surface area (TPSA) is 101 Å². The van der Waals surface area contributed by atoms with Gasteiger partial charge in [0.25, 0.3) is 5.91 Å². The Morgan fingerprint density at radius 1 is 1.63 bits per heavy atom. The lowest BCUT2D eigenvalue weighted by Gasteiger charge is -2.31. The van der Waals surface area contributed by atoms with Gasteiger partial charge in [0, 0.05) is 13.1 Å². The van der Waals surface area contributed by atoms with Crippen molar-refractivity contribution >= 4 is 17.6 Å². The number of likely N-dealkylation sites (tertiary alicyclic amines) is 1. The van der Waals surface area contributed by atoms with E-state index >= 15 is 0 Å². The molecule has 3 N–H and O–H groups in total. The van der Waals surface area contributed by atoms with E-state index in [1.54, 1.807) is 11.8 Å². The van der Waals surface area contributed by atoms with E-state index < -0.39 is 0 Å². The van der Waals surface area contributed by atoms with E-state index in [-0.39, 0.29) is 23.5 Å². The van der Waals surface area contributed by atoms with Crippen molar-refractivity contribution < 1.29 is 14.3 Å². The lowest BCUT2D eigenvalue weighted by Crippen LogP contribution is -2.43. The number of ether oxygens (including phenoxy) is 1. The van der Waals surface area contributed by atoms with Crippen LogP contribution in [0.3, 0.4) is 0 Å². The monoisotopic (exact) mass is 266 g/mol. The highest BCUT2D eigenvalue weighted by Gasteiger charge is 2.30. The number of carbonyl (C=O) groups is 2. The van der Waals surface area contributed by atoms with Crippen molar-refractivity contribution in [2.24, 2.45) is 5.92 Å². The zero-order valence-electron chi connectivity index (χ0n) is 10.9. The predicted octanol–water partition coefficient (Wildman–Crippen LogP) is 0.407. The maximum Gasteiger partial charge on any atom is 0.310 e. The summed E-state index contributed by atoms with van der Waals surface area (Å²) in [7, 11) is 0. The molecule has 0 spiro atoms. The molecule has 7 heteroatoms. The van der Waals surface area contributed by atoms with Crippen LogP contribution >= 0.6 is 0 Å². The van der Waals surface area contributed by atoms with Gasteiger partial charge in [0.15, 0.2) is 0 Å². The van der Waals surface area contributed by atoms with Crippen molar-refractivity contribution in [1.82, 2.24) is 15.1 Å². The Bertz CT molecular complexity index is 471.